The van der Waals surface area contributed by atoms with Crippen LogP contribution in [0, 0.1) is 6.92 Å². The Labute approximate surface area is 407 Å². The van der Waals surface area contributed by atoms with E-state index in [1.165, 1.54) is 94.1 Å². The SMILES string of the molecule is Cc1cc2c(cc1-c1ccccc1Cc1ccccc1)-c1cc3c4ccccc4n(-c4ccccc4)c3cc1C21c2ccccc2-c2cc(-c3nc(-c4ccccc4)cc(-c4ccccc4)n3)ccc21. The fourth-order valence-corrected chi connectivity index (χ4v) is 11.9. The van der Waals surface area contributed by atoms with Crippen molar-refractivity contribution in [3.8, 4) is 73.0 Å². The molecule has 2 heterocycles. The van der Waals surface area contributed by atoms with Gasteiger partial charge in [-0.15, -0.1) is 0 Å². The lowest BCUT2D eigenvalue weighted by Crippen LogP contribution is -2.26. The van der Waals surface area contributed by atoms with Crippen molar-refractivity contribution >= 4 is 21.8 Å². The summed E-state index contributed by atoms with van der Waals surface area (Å²) in [5, 5.41) is 2.50. The molecule has 1 unspecified atom stereocenters. The number of para-hydroxylation sites is 2. The van der Waals surface area contributed by atoms with Crippen molar-refractivity contribution in [3.63, 3.8) is 0 Å². The molecule has 1 spiro atoms. The Morgan fingerprint density at radius 3 is 1.69 bits per heavy atom. The van der Waals surface area contributed by atoms with Crippen LogP contribution in [0.1, 0.15) is 38.9 Å². The number of nitrogens with zero attached hydrogens (tertiary/aromatic N) is 3. The Morgan fingerprint density at radius 2 is 0.943 bits per heavy atom. The topological polar surface area (TPSA) is 30.7 Å². The van der Waals surface area contributed by atoms with Crippen LogP contribution in [-0.2, 0) is 11.8 Å². The van der Waals surface area contributed by atoms with Gasteiger partial charge in [0.2, 0.25) is 0 Å². The number of benzene rings is 10. The van der Waals surface area contributed by atoms with Crippen molar-refractivity contribution in [3.05, 3.63) is 282 Å². The van der Waals surface area contributed by atoms with Gasteiger partial charge < -0.3 is 4.57 Å². The van der Waals surface area contributed by atoms with Crippen LogP contribution in [0.2, 0.25) is 0 Å². The molecule has 3 heteroatoms. The third-order valence-electron chi connectivity index (χ3n) is 15.0. The van der Waals surface area contributed by atoms with Crippen LogP contribution in [0.3, 0.4) is 0 Å². The maximum atomic E-state index is 5.30. The molecule has 0 saturated heterocycles. The van der Waals surface area contributed by atoms with E-state index in [-0.39, 0.29) is 0 Å². The Hall–Kier alpha value is -8.92. The molecule has 0 amide bonds. The molecule has 10 aromatic carbocycles. The standard InChI is InChI=1S/C67H45N3/c1-43-36-60-55(39-53(43)50-29-15-14-26-47(50)37-44-20-6-2-7-21-44)56-40-57-52-31-17-19-33-64(52)70(49-27-12-5-13-28-49)65(57)41-61(56)67(60)58-32-18-16-30-51(58)54-38-48(34-35-59(54)67)66-68-62(45-22-8-3-9-23-45)42-63(69-66)46-24-10-4-11-25-46/h2-36,38-42H,37H2,1H3. The van der Waals surface area contributed by atoms with Crippen LogP contribution in [0.25, 0.3) is 94.8 Å². The summed E-state index contributed by atoms with van der Waals surface area (Å²) in [6, 6.07) is 88.8. The molecular formula is C67H45N3. The highest BCUT2D eigenvalue weighted by atomic mass is 15.0. The molecule has 328 valence electrons. The number of rotatable bonds is 7. The first kappa shape index (κ1) is 40.2. The van der Waals surface area contributed by atoms with Gasteiger partial charge in [-0.3, -0.25) is 0 Å². The zero-order valence-electron chi connectivity index (χ0n) is 38.6. The van der Waals surface area contributed by atoms with Gasteiger partial charge in [0, 0.05) is 33.2 Å². The van der Waals surface area contributed by atoms with Gasteiger partial charge in [0.1, 0.15) is 0 Å². The fraction of sp³-hybridized carbons (Fsp3) is 0.0448. The van der Waals surface area contributed by atoms with E-state index in [0.29, 0.717) is 5.82 Å². The quantitative estimate of drug-likeness (QED) is 0.160. The summed E-state index contributed by atoms with van der Waals surface area (Å²) in [7, 11) is 0. The molecule has 0 aliphatic heterocycles. The number of fused-ring (bicyclic) bond motifs is 13. The van der Waals surface area contributed by atoms with E-state index in [1.54, 1.807) is 0 Å². The lowest BCUT2D eigenvalue weighted by molar-refractivity contribution is 0.793. The molecule has 0 N–H and O–H groups in total. The summed E-state index contributed by atoms with van der Waals surface area (Å²) in [6.45, 7) is 2.31. The van der Waals surface area contributed by atoms with Crippen LogP contribution >= 0.6 is 0 Å². The third kappa shape index (κ3) is 6.08. The average molecular weight is 892 g/mol. The number of hydrogen-bond donors (Lipinski definition) is 0. The smallest absolute Gasteiger partial charge is 0.160 e. The third-order valence-corrected chi connectivity index (χ3v) is 15.0. The molecule has 0 bridgehead atoms. The second-order valence-corrected chi connectivity index (χ2v) is 18.9. The monoisotopic (exact) mass is 891 g/mol. The molecule has 1 atom stereocenters. The minimum absolute atomic E-state index is 0.601. The van der Waals surface area contributed by atoms with Crippen molar-refractivity contribution < 1.29 is 0 Å². The molecule has 12 aromatic rings. The van der Waals surface area contributed by atoms with Gasteiger partial charge in [0.15, 0.2) is 5.82 Å². The van der Waals surface area contributed by atoms with Crippen LogP contribution in [0.15, 0.2) is 243 Å². The number of hydrogen-bond acceptors (Lipinski definition) is 2. The van der Waals surface area contributed by atoms with Gasteiger partial charge in [-0.05, 0) is 134 Å². The minimum Gasteiger partial charge on any atom is -0.309 e. The average Bonchev–Trinajstić information content (AvgIpc) is 4.01. The second kappa shape index (κ2) is 15.8. The van der Waals surface area contributed by atoms with Gasteiger partial charge >= 0.3 is 0 Å². The molecule has 2 aromatic heterocycles. The Morgan fingerprint density at radius 1 is 0.371 bits per heavy atom. The highest BCUT2D eigenvalue weighted by Gasteiger charge is 2.52. The summed E-state index contributed by atoms with van der Waals surface area (Å²) in [4.78, 5) is 10.6. The van der Waals surface area contributed by atoms with Crippen molar-refractivity contribution in [2.24, 2.45) is 0 Å². The number of aromatic nitrogens is 3. The molecule has 3 nitrogen and oxygen atoms in total. The highest BCUT2D eigenvalue weighted by molar-refractivity contribution is 6.13. The maximum Gasteiger partial charge on any atom is 0.160 e. The molecule has 2 aliphatic carbocycles. The number of aryl methyl sites for hydroxylation is 1. The molecular weight excluding hydrogens is 847 g/mol. The van der Waals surface area contributed by atoms with Gasteiger partial charge in [-0.25, -0.2) is 9.97 Å². The van der Waals surface area contributed by atoms with E-state index in [2.05, 4.69) is 254 Å². The zero-order chi connectivity index (χ0) is 46.3. The largest absolute Gasteiger partial charge is 0.309 e. The second-order valence-electron chi connectivity index (χ2n) is 18.9. The van der Waals surface area contributed by atoms with E-state index in [0.717, 1.165) is 40.2 Å². The van der Waals surface area contributed by atoms with Crippen LogP contribution in [0.4, 0.5) is 0 Å². The first-order valence-electron chi connectivity index (χ1n) is 24.3. The lowest BCUT2D eigenvalue weighted by atomic mass is 9.70. The summed E-state index contributed by atoms with van der Waals surface area (Å²) < 4.78 is 2.46. The van der Waals surface area contributed by atoms with E-state index >= 15 is 0 Å². The molecule has 70 heavy (non-hydrogen) atoms. The van der Waals surface area contributed by atoms with Crippen molar-refractivity contribution in [2.75, 3.05) is 0 Å². The Balaban J connectivity index is 1.04. The van der Waals surface area contributed by atoms with Crippen molar-refractivity contribution in [1.29, 1.82) is 0 Å². The normalized spacial score (nSPS) is 14.2. The minimum atomic E-state index is -0.601. The van der Waals surface area contributed by atoms with E-state index < -0.39 is 5.41 Å². The van der Waals surface area contributed by atoms with Gasteiger partial charge in [0.05, 0.1) is 27.8 Å². The predicted octanol–water partition coefficient (Wildman–Crippen LogP) is 16.5. The van der Waals surface area contributed by atoms with Crippen LogP contribution in [-0.4, -0.2) is 14.5 Å². The zero-order valence-corrected chi connectivity index (χ0v) is 38.6. The lowest BCUT2D eigenvalue weighted by Gasteiger charge is -2.31. The highest BCUT2D eigenvalue weighted by Crippen LogP contribution is 2.64. The van der Waals surface area contributed by atoms with Crippen LogP contribution < -0.4 is 0 Å². The molecule has 0 saturated carbocycles. The van der Waals surface area contributed by atoms with E-state index in [1.807, 2.05) is 0 Å². The molecule has 0 radical (unpaired) electrons. The maximum absolute atomic E-state index is 5.30. The van der Waals surface area contributed by atoms with E-state index in [4.69, 9.17) is 9.97 Å². The Bertz CT molecular complexity index is 3960. The summed E-state index contributed by atoms with van der Waals surface area (Å²) >= 11 is 0. The molecule has 0 fully saturated rings. The van der Waals surface area contributed by atoms with Crippen LogP contribution in [0.5, 0.6) is 0 Å². The fourth-order valence-electron chi connectivity index (χ4n) is 11.9. The van der Waals surface area contributed by atoms with E-state index in [9.17, 15) is 0 Å². The molecule has 2 aliphatic rings. The first-order valence-corrected chi connectivity index (χ1v) is 24.3. The summed E-state index contributed by atoms with van der Waals surface area (Å²) in [5.74, 6) is 0.706. The summed E-state index contributed by atoms with van der Waals surface area (Å²) in [6.07, 6.45) is 0.863. The predicted molar refractivity (Wildman–Crippen MR) is 288 cm³/mol. The Kier molecular flexibility index (Phi) is 9.09. The van der Waals surface area contributed by atoms with Gasteiger partial charge in [-0.1, -0.05) is 194 Å². The summed E-state index contributed by atoms with van der Waals surface area (Å²) in [5.41, 5.74) is 24.5. The molecule has 14 rings (SSSR count). The van der Waals surface area contributed by atoms with Gasteiger partial charge in [-0.2, -0.15) is 0 Å². The van der Waals surface area contributed by atoms with Crippen molar-refractivity contribution in [2.45, 2.75) is 18.8 Å². The first-order chi connectivity index (χ1) is 34.6. The van der Waals surface area contributed by atoms with Gasteiger partial charge in [0.25, 0.3) is 0 Å². The van der Waals surface area contributed by atoms with Crippen molar-refractivity contribution in [1.82, 2.24) is 14.5 Å².